The van der Waals surface area contributed by atoms with E-state index in [1.165, 1.54) is 0 Å². The second kappa shape index (κ2) is 6.74. The molecule has 2 fully saturated rings. The molecule has 0 bridgehead atoms. The van der Waals surface area contributed by atoms with E-state index in [0.717, 1.165) is 48.4 Å². The summed E-state index contributed by atoms with van der Waals surface area (Å²) in [6, 6.07) is 0.305. The van der Waals surface area contributed by atoms with Gasteiger partial charge in [-0.1, -0.05) is 6.92 Å². The molecule has 0 N–H and O–H groups in total. The number of thiazole rings is 1. The maximum atomic E-state index is 6.18. The van der Waals surface area contributed by atoms with E-state index >= 15 is 0 Å². The van der Waals surface area contributed by atoms with Crippen LogP contribution in [-0.4, -0.2) is 46.9 Å². The summed E-state index contributed by atoms with van der Waals surface area (Å²) in [4.78, 5) is 15.8. The Hall–Kier alpha value is -1.57. The zero-order chi connectivity index (χ0) is 16.5. The molecule has 3 atom stereocenters. The Morgan fingerprint density at radius 3 is 2.88 bits per heavy atom. The Morgan fingerprint density at radius 2 is 2.17 bits per heavy atom. The fourth-order valence-corrected chi connectivity index (χ4v) is 4.05. The molecule has 4 heterocycles. The van der Waals surface area contributed by atoms with E-state index in [2.05, 4.69) is 32.2 Å². The van der Waals surface area contributed by atoms with Crippen molar-refractivity contribution in [3.8, 4) is 0 Å². The number of anilines is 1. The average Bonchev–Trinajstić information content (AvgIpc) is 3.30. The SMILES string of the molecule is CCc1cnc(N2C[C@H](OCc3csc(C)n3)[C@H]3COC[C@H]32)nc1. The van der Waals surface area contributed by atoms with Crippen molar-refractivity contribution in [1.29, 1.82) is 0 Å². The van der Waals surface area contributed by atoms with E-state index in [-0.39, 0.29) is 6.10 Å². The van der Waals surface area contributed by atoms with Crippen molar-refractivity contribution in [3.63, 3.8) is 0 Å². The van der Waals surface area contributed by atoms with Crippen LogP contribution in [0.1, 0.15) is 23.2 Å². The molecule has 2 saturated heterocycles. The number of aromatic nitrogens is 3. The summed E-state index contributed by atoms with van der Waals surface area (Å²) in [5, 5.41) is 3.14. The van der Waals surface area contributed by atoms with Gasteiger partial charge in [-0.05, 0) is 18.9 Å². The van der Waals surface area contributed by atoms with Gasteiger partial charge in [0.15, 0.2) is 0 Å². The van der Waals surface area contributed by atoms with Crippen molar-refractivity contribution < 1.29 is 9.47 Å². The highest BCUT2D eigenvalue weighted by molar-refractivity contribution is 7.09. The molecule has 2 aromatic rings. The molecular formula is C17H22N4O2S. The van der Waals surface area contributed by atoms with Gasteiger partial charge >= 0.3 is 0 Å². The molecule has 6 nitrogen and oxygen atoms in total. The number of aryl methyl sites for hydroxylation is 2. The zero-order valence-electron chi connectivity index (χ0n) is 14.0. The minimum Gasteiger partial charge on any atom is -0.379 e. The maximum Gasteiger partial charge on any atom is 0.225 e. The van der Waals surface area contributed by atoms with E-state index in [9.17, 15) is 0 Å². The van der Waals surface area contributed by atoms with Crippen molar-refractivity contribution in [2.24, 2.45) is 5.92 Å². The molecule has 0 aliphatic carbocycles. The van der Waals surface area contributed by atoms with Gasteiger partial charge in [0, 0.05) is 30.2 Å². The van der Waals surface area contributed by atoms with Gasteiger partial charge in [-0.2, -0.15) is 0 Å². The summed E-state index contributed by atoms with van der Waals surface area (Å²) in [6.07, 6.45) is 4.92. The van der Waals surface area contributed by atoms with Crippen LogP contribution in [0.25, 0.3) is 0 Å². The number of hydrogen-bond acceptors (Lipinski definition) is 7. The Bertz CT molecular complexity index is 690. The van der Waals surface area contributed by atoms with Crippen LogP contribution in [0.5, 0.6) is 0 Å². The molecule has 0 saturated carbocycles. The van der Waals surface area contributed by atoms with Crippen LogP contribution >= 0.6 is 11.3 Å². The standard InChI is InChI=1S/C17H22N4O2S/c1-3-12-4-18-17(19-5-12)21-6-16(14-8-22-9-15(14)21)23-7-13-10-24-11(2)20-13/h4-5,10,14-16H,3,6-9H2,1-2H3/t14-,15+,16-/m0/s1. The molecule has 7 heteroatoms. The molecule has 2 aliphatic heterocycles. The molecule has 2 aromatic heterocycles. The molecule has 0 amide bonds. The molecule has 2 aliphatic rings. The van der Waals surface area contributed by atoms with Gasteiger partial charge < -0.3 is 14.4 Å². The van der Waals surface area contributed by atoms with Gasteiger partial charge in [-0.15, -0.1) is 11.3 Å². The Kier molecular flexibility index (Phi) is 4.47. The molecule has 128 valence electrons. The van der Waals surface area contributed by atoms with E-state index < -0.39 is 0 Å². The van der Waals surface area contributed by atoms with Gasteiger partial charge in [-0.25, -0.2) is 15.0 Å². The first-order chi connectivity index (χ1) is 11.7. The fraction of sp³-hybridized carbons (Fsp3) is 0.588. The van der Waals surface area contributed by atoms with E-state index in [4.69, 9.17) is 9.47 Å². The summed E-state index contributed by atoms with van der Waals surface area (Å²) in [5.74, 6) is 1.16. The predicted molar refractivity (Wildman–Crippen MR) is 92.3 cm³/mol. The van der Waals surface area contributed by atoms with Crippen molar-refractivity contribution in [1.82, 2.24) is 15.0 Å². The number of fused-ring (bicyclic) bond motifs is 1. The maximum absolute atomic E-state index is 6.18. The first kappa shape index (κ1) is 15.9. The lowest BCUT2D eigenvalue weighted by molar-refractivity contribution is 0.0147. The lowest BCUT2D eigenvalue weighted by atomic mass is 10.0. The molecule has 0 unspecified atom stereocenters. The molecule has 0 aromatic carbocycles. The van der Waals surface area contributed by atoms with Crippen molar-refractivity contribution in [2.45, 2.75) is 39.0 Å². The largest absolute Gasteiger partial charge is 0.379 e. The smallest absolute Gasteiger partial charge is 0.225 e. The van der Waals surface area contributed by atoms with E-state index in [1.807, 2.05) is 19.3 Å². The van der Waals surface area contributed by atoms with Crippen LogP contribution < -0.4 is 4.90 Å². The summed E-state index contributed by atoms with van der Waals surface area (Å²) in [7, 11) is 0. The molecule has 0 spiro atoms. The molecular weight excluding hydrogens is 324 g/mol. The van der Waals surface area contributed by atoms with Gasteiger partial charge in [-0.3, -0.25) is 0 Å². The van der Waals surface area contributed by atoms with Crippen LogP contribution in [0, 0.1) is 12.8 Å². The highest BCUT2D eigenvalue weighted by Gasteiger charge is 2.47. The van der Waals surface area contributed by atoms with Crippen molar-refractivity contribution >= 4 is 17.3 Å². The average molecular weight is 346 g/mol. The third kappa shape index (κ3) is 3.03. The van der Waals surface area contributed by atoms with Crippen LogP contribution in [0.15, 0.2) is 17.8 Å². The van der Waals surface area contributed by atoms with Crippen molar-refractivity contribution in [2.75, 3.05) is 24.7 Å². The summed E-state index contributed by atoms with van der Waals surface area (Å²) in [5.41, 5.74) is 2.17. The number of rotatable bonds is 5. The minimum absolute atomic E-state index is 0.133. The number of ether oxygens (including phenoxy) is 2. The summed E-state index contributed by atoms with van der Waals surface area (Å²) in [6.45, 7) is 6.96. The number of hydrogen-bond donors (Lipinski definition) is 0. The summed E-state index contributed by atoms with van der Waals surface area (Å²) < 4.78 is 11.9. The van der Waals surface area contributed by atoms with Gasteiger partial charge in [0.05, 0.1) is 42.7 Å². The first-order valence-electron chi connectivity index (χ1n) is 8.42. The normalized spacial score (nSPS) is 26.1. The second-order valence-electron chi connectivity index (χ2n) is 6.37. The zero-order valence-corrected chi connectivity index (χ0v) is 14.8. The van der Waals surface area contributed by atoms with Gasteiger partial charge in [0.1, 0.15) is 0 Å². The van der Waals surface area contributed by atoms with Gasteiger partial charge in [0.25, 0.3) is 0 Å². The fourth-order valence-electron chi connectivity index (χ4n) is 3.45. The van der Waals surface area contributed by atoms with Crippen LogP contribution in [0.2, 0.25) is 0 Å². The highest BCUT2D eigenvalue weighted by Crippen LogP contribution is 2.34. The third-order valence-corrected chi connectivity index (χ3v) is 5.64. The predicted octanol–water partition coefficient (Wildman–Crippen LogP) is 2.22. The van der Waals surface area contributed by atoms with E-state index in [0.29, 0.717) is 18.6 Å². The Balaban J connectivity index is 1.46. The van der Waals surface area contributed by atoms with Crippen LogP contribution in [-0.2, 0) is 22.5 Å². The summed E-state index contributed by atoms with van der Waals surface area (Å²) >= 11 is 1.66. The first-order valence-corrected chi connectivity index (χ1v) is 9.30. The topological polar surface area (TPSA) is 60.4 Å². The quantitative estimate of drug-likeness (QED) is 0.827. The number of nitrogens with zero attached hydrogens (tertiary/aromatic N) is 4. The third-order valence-electron chi connectivity index (χ3n) is 4.82. The second-order valence-corrected chi connectivity index (χ2v) is 7.44. The molecule has 24 heavy (non-hydrogen) atoms. The highest BCUT2D eigenvalue weighted by atomic mass is 32.1. The Morgan fingerprint density at radius 1 is 1.33 bits per heavy atom. The van der Waals surface area contributed by atoms with Crippen molar-refractivity contribution in [3.05, 3.63) is 34.0 Å². The molecule has 4 rings (SSSR count). The van der Waals surface area contributed by atoms with Gasteiger partial charge in [0.2, 0.25) is 5.95 Å². The van der Waals surface area contributed by atoms with Crippen LogP contribution in [0.3, 0.4) is 0 Å². The Labute approximate surface area is 145 Å². The lowest BCUT2D eigenvalue weighted by Crippen LogP contribution is -2.34. The lowest BCUT2D eigenvalue weighted by Gasteiger charge is -2.22. The minimum atomic E-state index is 0.133. The monoisotopic (exact) mass is 346 g/mol. The van der Waals surface area contributed by atoms with E-state index in [1.54, 1.807) is 11.3 Å². The van der Waals surface area contributed by atoms with Crippen LogP contribution in [0.4, 0.5) is 5.95 Å². The molecule has 0 radical (unpaired) electrons.